The van der Waals surface area contributed by atoms with Gasteiger partial charge in [0.25, 0.3) is 0 Å². The lowest BCUT2D eigenvalue weighted by Crippen LogP contribution is -2.36. The van der Waals surface area contributed by atoms with Gasteiger partial charge in [-0.2, -0.15) is 18.3 Å². The number of rotatable bonds is 4. The summed E-state index contributed by atoms with van der Waals surface area (Å²) >= 11 is 0. The number of fused-ring (bicyclic) bond motifs is 1. The van der Waals surface area contributed by atoms with Crippen molar-refractivity contribution in [3.8, 4) is 22.3 Å². The summed E-state index contributed by atoms with van der Waals surface area (Å²) in [6.45, 7) is -1.42. The topological polar surface area (TPSA) is 93.3 Å². The first-order valence-corrected chi connectivity index (χ1v) is 9.42. The Labute approximate surface area is 179 Å². The first-order chi connectivity index (χ1) is 15.2. The van der Waals surface area contributed by atoms with Crippen LogP contribution >= 0.6 is 0 Å². The van der Waals surface area contributed by atoms with E-state index in [9.17, 15) is 22.8 Å². The number of pyridine rings is 1. The van der Waals surface area contributed by atoms with Gasteiger partial charge in [0.1, 0.15) is 6.54 Å². The molecule has 3 aromatic heterocycles. The lowest BCUT2D eigenvalue weighted by molar-refractivity contribution is -0.122. The smallest absolute Gasteiger partial charge is 0.329 e. The number of anilines is 1. The number of aromatic nitrogens is 4. The fourth-order valence-corrected chi connectivity index (χ4v) is 3.11. The molecule has 0 aliphatic carbocycles. The molecule has 0 saturated heterocycles. The molecule has 0 saturated carbocycles. The van der Waals surface area contributed by atoms with Gasteiger partial charge in [-0.05, 0) is 23.8 Å². The molecule has 3 heterocycles. The molecule has 0 aliphatic heterocycles. The summed E-state index contributed by atoms with van der Waals surface area (Å²) in [6, 6.07) is 8.83. The predicted octanol–water partition coefficient (Wildman–Crippen LogP) is 3.45. The van der Waals surface area contributed by atoms with Crippen LogP contribution < -0.4 is 16.2 Å². The van der Waals surface area contributed by atoms with Gasteiger partial charge >= 0.3 is 12.2 Å². The summed E-state index contributed by atoms with van der Waals surface area (Å²) in [4.78, 5) is 27.8. The molecule has 8 nitrogen and oxygen atoms in total. The maximum absolute atomic E-state index is 12.3. The number of urea groups is 1. The lowest BCUT2D eigenvalue weighted by Gasteiger charge is -2.10. The van der Waals surface area contributed by atoms with Crippen molar-refractivity contribution in [2.24, 2.45) is 7.05 Å². The van der Waals surface area contributed by atoms with E-state index in [0.29, 0.717) is 22.5 Å². The summed E-state index contributed by atoms with van der Waals surface area (Å²) in [5.74, 6) is 0. The standard InChI is InChI=1S/C21H17F3N6O2/c1-29-10-14(5-6-18(29)31)15-8-25-19-17(9-27-30(19)11-15)13-3-2-4-16(7-13)28-20(32)26-12-21(22,23)24/h2-11H,12H2,1H3,(H2,26,28,32). The van der Waals surface area contributed by atoms with Crippen LogP contribution in [0.5, 0.6) is 0 Å². The number of carbonyl (C=O) groups is 1. The molecule has 32 heavy (non-hydrogen) atoms. The Morgan fingerprint density at radius 3 is 2.62 bits per heavy atom. The van der Waals surface area contributed by atoms with Crippen LogP contribution in [-0.2, 0) is 7.05 Å². The Morgan fingerprint density at radius 1 is 1.06 bits per heavy atom. The number of alkyl halides is 3. The Morgan fingerprint density at radius 2 is 1.88 bits per heavy atom. The second kappa shape index (κ2) is 8.17. The van der Waals surface area contributed by atoms with E-state index in [4.69, 9.17) is 0 Å². The van der Waals surface area contributed by atoms with Gasteiger partial charge in [0.15, 0.2) is 5.65 Å². The van der Waals surface area contributed by atoms with E-state index < -0.39 is 18.8 Å². The summed E-state index contributed by atoms with van der Waals surface area (Å²) in [5, 5.41) is 8.47. The van der Waals surface area contributed by atoms with Crippen molar-refractivity contribution in [1.82, 2.24) is 24.5 Å². The molecule has 0 aliphatic rings. The molecule has 2 amide bonds. The average Bonchev–Trinajstić information content (AvgIpc) is 3.17. The number of benzene rings is 1. The molecule has 0 atom stereocenters. The molecule has 4 rings (SSSR count). The van der Waals surface area contributed by atoms with Crippen LogP contribution in [0.4, 0.5) is 23.7 Å². The van der Waals surface area contributed by atoms with Gasteiger partial charge in [0.05, 0.1) is 6.20 Å². The number of hydrogen-bond acceptors (Lipinski definition) is 4. The van der Waals surface area contributed by atoms with Crippen LogP contribution in [0.1, 0.15) is 0 Å². The van der Waals surface area contributed by atoms with E-state index in [-0.39, 0.29) is 5.56 Å². The molecule has 164 valence electrons. The predicted molar refractivity (Wildman–Crippen MR) is 112 cm³/mol. The first kappa shape index (κ1) is 21.1. The average molecular weight is 442 g/mol. The third-order valence-corrected chi connectivity index (χ3v) is 4.66. The number of halogens is 3. The molecule has 4 aromatic rings. The third-order valence-electron chi connectivity index (χ3n) is 4.66. The number of aryl methyl sites for hydroxylation is 1. The minimum atomic E-state index is -4.49. The third kappa shape index (κ3) is 4.61. The maximum Gasteiger partial charge on any atom is 0.405 e. The molecular formula is C21H17F3N6O2. The van der Waals surface area contributed by atoms with Crippen LogP contribution in [0.25, 0.3) is 27.9 Å². The van der Waals surface area contributed by atoms with Crippen molar-refractivity contribution >= 4 is 17.4 Å². The van der Waals surface area contributed by atoms with E-state index in [1.54, 1.807) is 72.0 Å². The normalized spacial score (nSPS) is 11.5. The van der Waals surface area contributed by atoms with Crippen LogP contribution in [0.2, 0.25) is 0 Å². The zero-order valence-corrected chi connectivity index (χ0v) is 16.7. The number of hydrogen-bond donors (Lipinski definition) is 2. The van der Waals surface area contributed by atoms with Crippen molar-refractivity contribution in [1.29, 1.82) is 0 Å². The van der Waals surface area contributed by atoms with E-state index in [2.05, 4.69) is 15.4 Å². The van der Waals surface area contributed by atoms with E-state index in [1.807, 2.05) is 0 Å². The van der Waals surface area contributed by atoms with Crippen molar-refractivity contribution in [2.45, 2.75) is 6.18 Å². The van der Waals surface area contributed by atoms with Crippen molar-refractivity contribution < 1.29 is 18.0 Å². The molecule has 0 bridgehead atoms. The van der Waals surface area contributed by atoms with Crippen molar-refractivity contribution in [2.75, 3.05) is 11.9 Å². The van der Waals surface area contributed by atoms with Gasteiger partial charge in [0.2, 0.25) is 5.56 Å². The van der Waals surface area contributed by atoms with E-state index >= 15 is 0 Å². The highest BCUT2D eigenvalue weighted by molar-refractivity contribution is 5.90. The van der Waals surface area contributed by atoms with Crippen molar-refractivity contribution in [3.63, 3.8) is 0 Å². The van der Waals surface area contributed by atoms with Crippen molar-refractivity contribution in [3.05, 3.63) is 71.5 Å². The molecule has 0 spiro atoms. The van der Waals surface area contributed by atoms with Gasteiger partial charge in [-0.3, -0.25) is 4.79 Å². The summed E-state index contributed by atoms with van der Waals surface area (Å²) in [7, 11) is 1.66. The minimum absolute atomic E-state index is 0.121. The fraction of sp³-hybridized carbons (Fsp3) is 0.143. The zero-order valence-electron chi connectivity index (χ0n) is 16.7. The quantitative estimate of drug-likeness (QED) is 0.506. The Hall–Kier alpha value is -4.15. The lowest BCUT2D eigenvalue weighted by atomic mass is 10.1. The van der Waals surface area contributed by atoms with Crippen LogP contribution in [0.15, 0.2) is 66.0 Å². The van der Waals surface area contributed by atoms with Gasteiger partial charge in [0, 0.05) is 54.1 Å². The minimum Gasteiger partial charge on any atom is -0.329 e. The molecular weight excluding hydrogens is 425 g/mol. The Bertz CT molecular complexity index is 1360. The van der Waals surface area contributed by atoms with Gasteiger partial charge in [-0.1, -0.05) is 12.1 Å². The second-order valence-electron chi connectivity index (χ2n) is 7.04. The summed E-state index contributed by atoms with van der Waals surface area (Å²) in [5.41, 5.74) is 3.67. The first-order valence-electron chi connectivity index (χ1n) is 9.42. The molecule has 2 N–H and O–H groups in total. The van der Waals surface area contributed by atoms with Crippen LogP contribution in [0, 0.1) is 0 Å². The highest BCUT2D eigenvalue weighted by Crippen LogP contribution is 2.27. The molecule has 11 heteroatoms. The summed E-state index contributed by atoms with van der Waals surface area (Å²) < 4.78 is 39.8. The van der Waals surface area contributed by atoms with Crippen LogP contribution in [-0.4, -0.2) is 37.9 Å². The number of carbonyl (C=O) groups excluding carboxylic acids is 1. The largest absolute Gasteiger partial charge is 0.405 e. The summed E-state index contributed by atoms with van der Waals surface area (Å²) in [6.07, 6.45) is 2.25. The molecule has 0 fully saturated rings. The molecule has 0 radical (unpaired) electrons. The van der Waals surface area contributed by atoms with Gasteiger partial charge in [-0.25, -0.2) is 14.3 Å². The molecule has 0 unspecified atom stereocenters. The van der Waals surface area contributed by atoms with E-state index in [1.165, 1.54) is 10.6 Å². The highest BCUT2D eigenvalue weighted by atomic mass is 19.4. The second-order valence-corrected chi connectivity index (χ2v) is 7.04. The SMILES string of the molecule is Cn1cc(-c2cnc3c(-c4cccc(NC(=O)NCC(F)(F)F)c4)cnn3c2)ccc1=O. The Kier molecular flexibility index (Phi) is 5.39. The number of amides is 2. The van der Waals surface area contributed by atoms with Gasteiger partial charge in [-0.15, -0.1) is 0 Å². The Balaban J connectivity index is 1.59. The van der Waals surface area contributed by atoms with Crippen LogP contribution in [0.3, 0.4) is 0 Å². The number of nitrogens with one attached hydrogen (secondary N) is 2. The highest BCUT2D eigenvalue weighted by Gasteiger charge is 2.27. The fourth-order valence-electron chi connectivity index (χ4n) is 3.11. The zero-order chi connectivity index (χ0) is 22.9. The number of nitrogens with zero attached hydrogens (tertiary/aromatic N) is 4. The van der Waals surface area contributed by atoms with E-state index in [0.717, 1.165) is 11.1 Å². The molecule has 1 aromatic carbocycles. The monoisotopic (exact) mass is 442 g/mol. The maximum atomic E-state index is 12.3. The van der Waals surface area contributed by atoms with Gasteiger partial charge < -0.3 is 15.2 Å².